The van der Waals surface area contributed by atoms with Crippen molar-refractivity contribution in [3.63, 3.8) is 0 Å². The molecular formula is C20H31IO3. The lowest BCUT2D eigenvalue weighted by Gasteiger charge is -2.33. The maximum absolute atomic E-state index is 12.9. The van der Waals surface area contributed by atoms with Crippen molar-refractivity contribution in [3.05, 3.63) is 33.4 Å². The molecular weight excluding hydrogens is 415 g/mol. The van der Waals surface area contributed by atoms with Crippen LogP contribution in [0.25, 0.3) is 0 Å². The predicted molar refractivity (Wildman–Crippen MR) is 107 cm³/mol. The number of aliphatic hydroxyl groups excluding tert-OH is 1. The van der Waals surface area contributed by atoms with E-state index in [1.807, 2.05) is 59.7 Å². The minimum absolute atomic E-state index is 0.125. The Balaban J connectivity index is 3.05. The average molecular weight is 446 g/mol. The van der Waals surface area contributed by atoms with Crippen LogP contribution in [0.5, 0.6) is 0 Å². The summed E-state index contributed by atoms with van der Waals surface area (Å²) < 4.78 is 6.82. The minimum atomic E-state index is -0.681. The van der Waals surface area contributed by atoms with E-state index in [2.05, 4.69) is 28.7 Å². The maximum atomic E-state index is 12.9. The summed E-state index contributed by atoms with van der Waals surface area (Å²) in [7, 11) is 0. The molecule has 3 nitrogen and oxygen atoms in total. The van der Waals surface area contributed by atoms with E-state index in [4.69, 9.17) is 4.74 Å². The highest BCUT2D eigenvalue weighted by molar-refractivity contribution is 14.1. The van der Waals surface area contributed by atoms with Crippen molar-refractivity contribution >= 4 is 28.6 Å². The summed E-state index contributed by atoms with van der Waals surface area (Å²) in [6.45, 7) is 11.9. The lowest BCUT2D eigenvalue weighted by Crippen LogP contribution is -2.39. The Morgan fingerprint density at radius 2 is 1.75 bits per heavy atom. The number of esters is 1. The molecule has 1 N–H and O–H groups in total. The van der Waals surface area contributed by atoms with Crippen LogP contribution in [0.2, 0.25) is 0 Å². The van der Waals surface area contributed by atoms with Crippen molar-refractivity contribution in [2.24, 2.45) is 5.41 Å². The second-order valence-electron chi connectivity index (χ2n) is 8.52. The van der Waals surface area contributed by atoms with Crippen molar-refractivity contribution in [2.45, 2.75) is 71.8 Å². The highest BCUT2D eigenvalue weighted by Gasteiger charge is 2.39. The molecule has 1 aromatic rings. The third kappa shape index (κ3) is 6.36. The van der Waals surface area contributed by atoms with Crippen LogP contribution >= 0.6 is 22.6 Å². The van der Waals surface area contributed by atoms with E-state index in [9.17, 15) is 9.90 Å². The molecule has 0 heterocycles. The van der Waals surface area contributed by atoms with Crippen LogP contribution in [0.3, 0.4) is 0 Å². The number of hydrogen-bond donors (Lipinski definition) is 1. The van der Waals surface area contributed by atoms with Crippen LogP contribution in [0, 0.1) is 8.99 Å². The van der Waals surface area contributed by atoms with E-state index in [1.165, 1.54) is 0 Å². The molecule has 4 heteroatoms. The van der Waals surface area contributed by atoms with E-state index in [-0.39, 0.29) is 18.0 Å². The summed E-state index contributed by atoms with van der Waals surface area (Å²) >= 11 is 2.27. The van der Waals surface area contributed by atoms with Gasteiger partial charge in [-0.25, -0.2) is 0 Å². The zero-order valence-corrected chi connectivity index (χ0v) is 17.9. The molecule has 1 unspecified atom stereocenters. The van der Waals surface area contributed by atoms with Crippen LogP contribution in [-0.2, 0) is 14.9 Å². The van der Waals surface area contributed by atoms with Crippen molar-refractivity contribution in [2.75, 3.05) is 6.61 Å². The van der Waals surface area contributed by atoms with E-state index >= 15 is 0 Å². The summed E-state index contributed by atoms with van der Waals surface area (Å²) in [5.41, 5.74) is -0.324. The minimum Gasteiger partial charge on any atom is -0.459 e. The van der Waals surface area contributed by atoms with Crippen molar-refractivity contribution < 1.29 is 14.6 Å². The van der Waals surface area contributed by atoms with Gasteiger partial charge < -0.3 is 9.84 Å². The fraction of sp³-hybridized carbons (Fsp3) is 0.650. The summed E-state index contributed by atoms with van der Waals surface area (Å²) in [5, 5.41) is 9.45. The molecule has 0 spiro atoms. The highest BCUT2D eigenvalue weighted by Crippen LogP contribution is 2.35. The lowest BCUT2D eigenvalue weighted by molar-refractivity contribution is -0.162. The highest BCUT2D eigenvalue weighted by atomic mass is 127. The van der Waals surface area contributed by atoms with E-state index in [1.54, 1.807) is 0 Å². The fourth-order valence-corrected chi connectivity index (χ4v) is 3.13. The summed E-state index contributed by atoms with van der Waals surface area (Å²) in [6, 6.07) is 8.07. The van der Waals surface area contributed by atoms with Crippen LogP contribution in [0.1, 0.15) is 66.4 Å². The zero-order valence-electron chi connectivity index (χ0n) is 15.8. The Kier molecular flexibility index (Phi) is 7.29. The maximum Gasteiger partial charge on any atom is 0.316 e. The number of hydrogen-bond acceptors (Lipinski definition) is 3. The Labute approximate surface area is 160 Å². The van der Waals surface area contributed by atoms with E-state index in [0.29, 0.717) is 6.42 Å². The summed E-state index contributed by atoms with van der Waals surface area (Å²) in [4.78, 5) is 12.9. The molecule has 0 saturated heterocycles. The van der Waals surface area contributed by atoms with Gasteiger partial charge in [0, 0.05) is 10.2 Å². The van der Waals surface area contributed by atoms with Crippen LogP contribution < -0.4 is 0 Å². The van der Waals surface area contributed by atoms with Gasteiger partial charge in [-0.05, 0) is 86.2 Å². The molecule has 24 heavy (non-hydrogen) atoms. The molecule has 0 aliphatic heterocycles. The molecule has 0 aromatic heterocycles. The molecule has 0 radical (unpaired) electrons. The number of halogens is 1. The van der Waals surface area contributed by atoms with Gasteiger partial charge in [-0.3, -0.25) is 4.79 Å². The van der Waals surface area contributed by atoms with Gasteiger partial charge in [0.05, 0.1) is 5.41 Å². The quantitative estimate of drug-likeness (QED) is 0.470. The number of carbonyl (C=O) groups is 1. The lowest BCUT2D eigenvalue weighted by atomic mass is 9.76. The standard InChI is InChI=1S/C20H31IO3/c1-18(2,3)24-17(23)20(6,12-8-11-19(4,5)14-22)15-9-7-10-16(21)13-15/h7,9-10,13,22H,8,11-12,14H2,1-6H3. The Hall–Kier alpha value is -0.620. The Morgan fingerprint density at radius 1 is 1.12 bits per heavy atom. The van der Waals surface area contributed by atoms with Gasteiger partial charge in [-0.1, -0.05) is 32.4 Å². The van der Waals surface area contributed by atoms with Gasteiger partial charge in [0.25, 0.3) is 0 Å². The summed E-state index contributed by atoms with van der Waals surface area (Å²) in [6.07, 6.45) is 2.42. The Morgan fingerprint density at radius 3 is 2.25 bits per heavy atom. The normalized spacial score (nSPS) is 15.0. The second kappa shape index (κ2) is 8.17. The number of rotatable bonds is 7. The fourth-order valence-electron chi connectivity index (χ4n) is 2.59. The van der Waals surface area contributed by atoms with Crippen LogP contribution in [-0.4, -0.2) is 23.3 Å². The SMILES string of the molecule is CC(C)(CO)CCCC(C)(C(=O)OC(C)(C)C)c1cccc(I)c1. The molecule has 0 saturated carbocycles. The Bertz CT molecular complexity index is 560. The first-order chi connectivity index (χ1) is 10.9. The molecule has 0 fully saturated rings. The first kappa shape index (κ1) is 21.4. The van der Waals surface area contributed by atoms with Crippen molar-refractivity contribution in [1.29, 1.82) is 0 Å². The number of ether oxygens (including phenoxy) is 1. The summed E-state index contributed by atoms with van der Waals surface area (Å²) in [5.74, 6) is -0.182. The van der Waals surface area contributed by atoms with Gasteiger partial charge in [-0.15, -0.1) is 0 Å². The van der Waals surface area contributed by atoms with Crippen molar-refractivity contribution in [1.82, 2.24) is 0 Å². The van der Waals surface area contributed by atoms with Gasteiger partial charge in [0.2, 0.25) is 0 Å². The molecule has 0 bridgehead atoms. The van der Waals surface area contributed by atoms with Gasteiger partial charge in [0.1, 0.15) is 5.60 Å². The van der Waals surface area contributed by atoms with Crippen LogP contribution in [0.4, 0.5) is 0 Å². The van der Waals surface area contributed by atoms with Gasteiger partial charge in [0.15, 0.2) is 0 Å². The molecule has 0 amide bonds. The second-order valence-corrected chi connectivity index (χ2v) is 9.77. The van der Waals surface area contributed by atoms with Crippen molar-refractivity contribution in [3.8, 4) is 0 Å². The van der Waals surface area contributed by atoms with E-state index in [0.717, 1.165) is 22.0 Å². The molecule has 0 aliphatic rings. The first-order valence-electron chi connectivity index (χ1n) is 8.50. The molecule has 0 aliphatic carbocycles. The average Bonchev–Trinajstić information content (AvgIpc) is 2.45. The number of aliphatic hydroxyl groups is 1. The number of benzene rings is 1. The molecule has 1 aromatic carbocycles. The van der Waals surface area contributed by atoms with E-state index < -0.39 is 11.0 Å². The van der Waals surface area contributed by atoms with Gasteiger partial charge in [-0.2, -0.15) is 0 Å². The third-order valence-corrected chi connectivity index (χ3v) is 4.94. The third-order valence-electron chi connectivity index (χ3n) is 4.27. The smallest absolute Gasteiger partial charge is 0.316 e. The molecule has 1 atom stereocenters. The topological polar surface area (TPSA) is 46.5 Å². The predicted octanol–water partition coefficient (Wildman–Crippen LogP) is 5.08. The monoisotopic (exact) mass is 446 g/mol. The molecule has 1 rings (SSSR count). The van der Waals surface area contributed by atoms with Crippen LogP contribution in [0.15, 0.2) is 24.3 Å². The largest absolute Gasteiger partial charge is 0.459 e. The first-order valence-corrected chi connectivity index (χ1v) is 9.58. The van der Waals surface area contributed by atoms with Gasteiger partial charge >= 0.3 is 5.97 Å². The number of carbonyl (C=O) groups excluding carboxylic acids is 1. The zero-order chi connectivity index (χ0) is 18.6. The molecule has 136 valence electrons.